The van der Waals surface area contributed by atoms with Gasteiger partial charge in [0.25, 0.3) is 0 Å². The number of carboxylic acid groups (broad SMARTS) is 1. The smallest absolute Gasteiger partial charge is 0.331 e. The summed E-state index contributed by atoms with van der Waals surface area (Å²) >= 11 is 0. The Morgan fingerprint density at radius 3 is 2.36 bits per heavy atom. The van der Waals surface area contributed by atoms with E-state index in [9.17, 15) is 9.59 Å². The maximum atomic E-state index is 10.7. The van der Waals surface area contributed by atoms with E-state index in [1.165, 1.54) is 6.92 Å². The van der Waals surface area contributed by atoms with E-state index in [0.29, 0.717) is 0 Å². The van der Waals surface area contributed by atoms with E-state index in [1.807, 2.05) is 0 Å². The van der Waals surface area contributed by atoms with Crippen LogP contribution in [0.4, 0.5) is 0 Å². The molecule has 60 valence electrons. The van der Waals surface area contributed by atoms with Gasteiger partial charge in [-0.05, 0) is 19.2 Å². The van der Waals surface area contributed by atoms with Crippen LogP contribution in [-0.4, -0.2) is 16.9 Å². The second-order valence-corrected chi connectivity index (χ2v) is 1.89. The summed E-state index contributed by atoms with van der Waals surface area (Å²) in [6.07, 6.45) is 3.16. The van der Waals surface area contributed by atoms with Crippen molar-refractivity contribution in [2.45, 2.75) is 6.92 Å². The molecule has 0 spiro atoms. The minimum Gasteiger partial charge on any atom is -0.478 e. The maximum absolute atomic E-state index is 10.7. The van der Waals surface area contributed by atoms with E-state index < -0.39 is 11.8 Å². The van der Waals surface area contributed by atoms with Crippen molar-refractivity contribution >= 4 is 11.8 Å². The van der Waals surface area contributed by atoms with E-state index >= 15 is 0 Å². The Morgan fingerprint density at radius 2 is 2.00 bits per heavy atom. The number of carbonyl (C=O) groups excluding carboxylic acids is 1. The van der Waals surface area contributed by atoms with Crippen LogP contribution in [-0.2, 0) is 9.59 Å². The third-order valence-corrected chi connectivity index (χ3v) is 0.957. The topological polar surface area (TPSA) is 80.4 Å². The fourth-order valence-electron chi connectivity index (χ4n) is 0.418. The lowest BCUT2D eigenvalue weighted by molar-refractivity contribution is -0.132. The number of hydrogen-bond acceptors (Lipinski definition) is 3. The van der Waals surface area contributed by atoms with Gasteiger partial charge in [0, 0.05) is 11.6 Å². The van der Waals surface area contributed by atoms with Gasteiger partial charge in [0.1, 0.15) is 0 Å². The van der Waals surface area contributed by atoms with Gasteiger partial charge >= 0.3 is 5.97 Å². The summed E-state index contributed by atoms with van der Waals surface area (Å²) < 4.78 is 0. The van der Waals surface area contributed by atoms with Crippen molar-refractivity contribution in [1.82, 2.24) is 0 Å². The first kappa shape index (κ1) is 9.42. The summed E-state index contributed by atoms with van der Waals surface area (Å²) in [5.41, 5.74) is 4.90. The van der Waals surface area contributed by atoms with Gasteiger partial charge in [0.15, 0.2) is 5.78 Å². The van der Waals surface area contributed by atoms with E-state index in [2.05, 4.69) is 0 Å². The molecule has 0 aliphatic heterocycles. The lowest BCUT2D eigenvalue weighted by Crippen LogP contribution is -1.99. The summed E-state index contributed by atoms with van der Waals surface area (Å²) in [5.74, 6) is -1.53. The Hall–Kier alpha value is -1.58. The Balaban J connectivity index is 4.31. The van der Waals surface area contributed by atoms with Gasteiger partial charge in [-0.1, -0.05) is 0 Å². The fourth-order valence-corrected chi connectivity index (χ4v) is 0.418. The molecule has 11 heavy (non-hydrogen) atoms. The summed E-state index contributed by atoms with van der Waals surface area (Å²) in [6, 6.07) is 0. The van der Waals surface area contributed by atoms with Crippen molar-refractivity contribution in [3.63, 3.8) is 0 Å². The van der Waals surface area contributed by atoms with Crippen LogP contribution in [0.1, 0.15) is 6.92 Å². The summed E-state index contributed by atoms with van der Waals surface area (Å²) in [7, 11) is 0. The Morgan fingerprint density at radius 1 is 1.45 bits per heavy atom. The van der Waals surface area contributed by atoms with Gasteiger partial charge in [-0.15, -0.1) is 0 Å². The molecule has 0 aliphatic rings. The average Bonchev–Trinajstić information content (AvgIpc) is 1.87. The van der Waals surface area contributed by atoms with Gasteiger partial charge in [-0.3, -0.25) is 4.79 Å². The SMILES string of the molecule is CC(=CC(=O)C=CN)C(=O)O. The molecule has 0 bridgehead atoms. The minimum atomic E-state index is -1.11. The molecule has 3 N–H and O–H groups in total. The van der Waals surface area contributed by atoms with Crippen molar-refractivity contribution in [3.05, 3.63) is 23.9 Å². The van der Waals surface area contributed by atoms with Crippen LogP contribution in [0.25, 0.3) is 0 Å². The largest absolute Gasteiger partial charge is 0.478 e. The zero-order valence-corrected chi connectivity index (χ0v) is 6.07. The number of hydrogen-bond donors (Lipinski definition) is 2. The maximum Gasteiger partial charge on any atom is 0.331 e. The molecule has 0 saturated heterocycles. The summed E-state index contributed by atoms with van der Waals surface area (Å²) in [4.78, 5) is 20.8. The zero-order chi connectivity index (χ0) is 8.85. The highest BCUT2D eigenvalue weighted by Gasteiger charge is 2.00. The van der Waals surface area contributed by atoms with Crippen LogP contribution in [0, 0.1) is 0 Å². The molecule has 0 aromatic rings. The van der Waals surface area contributed by atoms with Crippen LogP contribution in [0.15, 0.2) is 23.9 Å². The number of aliphatic carboxylic acids is 1. The third-order valence-electron chi connectivity index (χ3n) is 0.957. The first-order chi connectivity index (χ1) is 5.07. The van der Waals surface area contributed by atoms with Crippen LogP contribution in [0.5, 0.6) is 0 Å². The molecule has 0 aromatic carbocycles. The average molecular weight is 155 g/mol. The molecule has 0 aromatic heterocycles. The predicted octanol–water partition coefficient (Wildman–Crippen LogP) is 0.0588. The molecule has 0 rings (SSSR count). The summed E-state index contributed by atoms with van der Waals surface area (Å²) in [6.45, 7) is 1.34. The second kappa shape index (κ2) is 4.27. The number of ketones is 1. The number of carboxylic acids is 1. The normalized spacial score (nSPS) is 11.9. The summed E-state index contributed by atoms with van der Waals surface area (Å²) in [5, 5.41) is 8.32. The number of rotatable bonds is 3. The molecule has 4 nitrogen and oxygen atoms in total. The standard InChI is InChI=1S/C7H9NO3/c1-5(7(10)11)4-6(9)2-3-8/h2-4H,8H2,1H3,(H,10,11). The van der Waals surface area contributed by atoms with Gasteiger partial charge in [-0.25, -0.2) is 4.79 Å². The van der Waals surface area contributed by atoms with Crippen molar-refractivity contribution in [2.24, 2.45) is 5.73 Å². The van der Waals surface area contributed by atoms with Crippen LogP contribution < -0.4 is 5.73 Å². The molecule has 0 unspecified atom stereocenters. The monoisotopic (exact) mass is 155 g/mol. The lowest BCUT2D eigenvalue weighted by atomic mass is 10.2. The zero-order valence-electron chi connectivity index (χ0n) is 6.07. The van der Waals surface area contributed by atoms with E-state index in [-0.39, 0.29) is 5.57 Å². The molecule has 0 fully saturated rings. The van der Waals surface area contributed by atoms with E-state index in [0.717, 1.165) is 18.4 Å². The number of allylic oxidation sites excluding steroid dienone is 2. The fraction of sp³-hybridized carbons (Fsp3) is 0.143. The molecule has 4 heteroatoms. The highest BCUT2D eigenvalue weighted by Crippen LogP contribution is 1.92. The quantitative estimate of drug-likeness (QED) is 0.564. The molecular weight excluding hydrogens is 146 g/mol. The minimum absolute atomic E-state index is 0.00639. The molecule has 0 amide bonds. The number of carbonyl (C=O) groups is 2. The Bertz CT molecular complexity index is 228. The van der Waals surface area contributed by atoms with Crippen molar-refractivity contribution in [2.75, 3.05) is 0 Å². The van der Waals surface area contributed by atoms with Crippen LogP contribution >= 0.6 is 0 Å². The Kier molecular flexibility index (Phi) is 3.66. The predicted molar refractivity (Wildman–Crippen MR) is 39.7 cm³/mol. The van der Waals surface area contributed by atoms with Crippen LogP contribution in [0.2, 0.25) is 0 Å². The first-order valence-electron chi connectivity index (χ1n) is 2.91. The highest BCUT2D eigenvalue weighted by atomic mass is 16.4. The van der Waals surface area contributed by atoms with Gasteiger partial charge in [0.2, 0.25) is 0 Å². The van der Waals surface area contributed by atoms with E-state index in [4.69, 9.17) is 10.8 Å². The molecular formula is C7H9NO3. The van der Waals surface area contributed by atoms with Crippen molar-refractivity contribution < 1.29 is 14.7 Å². The van der Waals surface area contributed by atoms with Crippen molar-refractivity contribution in [3.8, 4) is 0 Å². The number of nitrogens with two attached hydrogens (primary N) is 1. The lowest BCUT2D eigenvalue weighted by Gasteiger charge is -1.88. The molecule has 0 radical (unpaired) electrons. The van der Waals surface area contributed by atoms with Gasteiger partial charge in [0.05, 0.1) is 0 Å². The highest BCUT2D eigenvalue weighted by molar-refractivity contribution is 6.04. The second-order valence-electron chi connectivity index (χ2n) is 1.89. The van der Waals surface area contributed by atoms with Crippen LogP contribution in [0.3, 0.4) is 0 Å². The van der Waals surface area contributed by atoms with Gasteiger partial charge in [-0.2, -0.15) is 0 Å². The molecule has 0 atom stereocenters. The molecule has 0 aliphatic carbocycles. The molecule has 0 heterocycles. The third kappa shape index (κ3) is 3.91. The van der Waals surface area contributed by atoms with Crippen molar-refractivity contribution in [1.29, 1.82) is 0 Å². The molecule has 0 saturated carbocycles. The first-order valence-corrected chi connectivity index (χ1v) is 2.91. The van der Waals surface area contributed by atoms with E-state index in [1.54, 1.807) is 0 Å². The Labute approximate surface area is 64.0 Å². The van der Waals surface area contributed by atoms with Gasteiger partial charge < -0.3 is 10.8 Å².